The molecule has 0 radical (unpaired) electrons. The van der Waals surface area contributed by atoms with Crippen molar-refractivity contribution in [2.24, 2.45) is 0 Å². The van der Waals surface area contributed by atoms with Gasteiger partial charge < -0.3 is 19.7 Å². The maximum Gasteiger partial charge on any atom is 0.125 e. The molecule has 0 saturated carbocycles. The molecule has 0 bridgehead atoms. The van der Waals surface area contributed by atoms with E-state index in [0.29, 0.717) is 22.8 Å². The molecule has 1 aromatic heterocycles. The van der Waals surface area contributed by atoms with E-state index >= 15 is 0 Å². The summed E-state index contributed by atoms with van der Waals surface area (Å²) >= 11 is 0. The van der Waals surface area contributed by atoms with Crippen LogP contribution in [0.2, 0.25) is 0 Å². The first-order chi connectivity index (χ1) is 9.67. The summed E-state index contributed by atoms with van der Waals surface area (Å²) in [5.74, 6) is 1.20. The highest BCUT2D eigenvalue weighted by atomic mass is 16.5. The first-order valence-electron chi connectivity index (χ1n) is 6.07. The zero-order chi connectivity index (χ0) is 14.5. The number of aliphatic hydroxyl groups is 2. The summed E-state index contributed by atoms with van der Waals surface area (Å²) in [5.41, 5.74) is 1.06. The molecule has 0 aliphatic carbocycles. The fraction of sp³-hybridized carbons (Fsp3) is 0.385. The van der Waals surface area contributed by atoms with Gasteiger partial charge in [0, 0.05) is 5.56 Å². The second-order valence-corrected chi connectivity index (χ2v) is 4.21. The molecule has 7 heteroatoms. The van der Waals surface area contributed by atoms with E-state index in [2.05, 4.69) is 10.3 Å². The molecule has 1 atom stereocenters. The van der Waals surface area contributed by atoms with Crippen LogP contribution >= 0.6 is 0 Å². The average Bonchev–Trinajstić information content (AvgIpc) is 2.94. The number of nitrogens with zero attached hydrogens (tertiary/aromatic N) is 3. The Kier molecular flexibility index (Phi) is 4.54. The normalized spacial score (nSPS) is 12.2. The number of rotatable bonds is 6. The van der Waals surface area contributed by atoms with Crippen LogP contribution < -0.4 is 9.47 Å². The Morgan fingerprint density at radius 3 is 2.70 bits per heavy atom. The van der Waals surface area contributed by atoms with Crippen molar-refractivity contribution in [3.63, 3.8) is 0 Å². The predicted molar refractivity (Wildman–Crippen MR) is 70.5 cm³/mol. The van der Waals surface area contributed by atoms with Gasteiger partial charge in [-0.2, -0.15) is 0 Å². The molecule has 2 aromatic rings. The third-order valence-corrected chi connectivity index (χ3v) is 2.90. The van der Waals surface area contributed by atoms with Gasteiger partial charge in [-0.3, -0.25) is 0 Å². The number of methoxy groups -OCH3 is 2. The molecule has 2 N–H and O–H groups in total. The molecule has 0 amide bonds. The molecule has 0 aliphatic rings. The van der Waals surface area contributed by atoms with Gasteiger partial charge in [0.25, 0.3) is 0 Å². The minimum absolute atomic E-state index is 0.182. The van der Waals surface area contributed by atoms with Crippen LogP contribution in [0.4, 0.5) is 0 Å². The van der Waals surface area contributed by atoms with Crippen molar-refractivity contribution in [3.05, 3.63) is 35.7 Å². The fourth-order valence-electron chi connectivity index (χ4n) is 1.88. The summed E-state index contributed by atoms with van der Waals surface area (Å²) in [6, 6.07) is 5.21. The second kappa shape index (κ2) is 6.36. The van der Waals surface area contributed by atoms with Crippen molar-refractivity contribution in [1.82, 2.24) is 15.0 Å². The summed E-state index contributed by atoms with van der Waals surface area (Å²) in [5, 5.41) is 26.8. The standard InChI is InChI=1S/C13H17N3O4/c1-19-10-3-4-13(20-2)11(5-10)12(18)7-16-6-9(8-17)14-15-16/h3-6,12,17-18H,7-8H2,1-2H3/t12-/m0/s1. The number of hydrogen-bond acceptors (Lipinski definition) is 6. The van der Waals surface area contributed by atoms with Gasteiger partial charge in [-0.1, -0.05) is 5.21 Å². The van der Waals surface area contributed by atoms with Crippen molar-refractivity contribution >= 4 is 0 Å². The molecule has 0 aliphatic heterocycles. The molecule has 0 saturated heterocycles. The lowest BCUT2D eigenvalue weighted by atomic mass is 10.1. The van der Waals surface area contributed by atoms with E-state index in [1.54, 1.807) is 31.5 Å². The molecular formula is C13H17N3O4. The van der Waals surface area contributed by atoms with Gasteiger partial charge in [0.15, 0.2) is 0 Å². The molecule has 0 unspecified atom stereocenters. The number of ether oxygens (including phenoxy) is 2. The fourth-order valence-corrected chi connectivity index (χ4v) is 1.88. The summed E-state index contributed by atoms with van der Waals surface area (Å²) in [6.07, 6.45) is 0.754. The van der Waals surface area contributed by atoms with Gasteiger partial charge in [0.05, 0.1) is 33.6 Å². The van der Waals surface area contributed by atoms with Crippen molar-refractivity contribution in [2.45, 2.75) is 19.3 Å². The van der Waals surface area contributed by atoms with Crippen LogP contribution in [-0.2, 0) is 13.2 Å². The first-order valence-corrected chi connectivity index (χ1v) is 6.07. The Labute approximate surface area is 116 Å². The second-order valence-electron chi connectivity index (χ2n) is 4.21. The van der Waals surface area contributed by atoms with Gasteiger partial charge in [0.2, 0.25) is 0 Å². The number of aliphatic hydroxyl groups excluding tert-OH is 2. The number of aromatic nitrogens is 3. The molecule has 7 nitrogen and oxygen atoms in total. The summed E-state index contributed by atoms with van der Waals surface area (Å²) < 4.78 is 11.8. The van der Waals surface area contributed by atoms with E-state index in [-0.39, 0.29) is 13.2 Å². The van der Waals surface area contributed by atoms with Crippen LogP contribution in [-0.4, -0.2) is 39.4 Å². The summed E-state index contributed by atoms with van der Waals surface area (Å²) in [4.78, 5) is 0. The molecule has 20 heavy (non-hydrogen) atoms. The molecular weight excluding hydrogens is 262 g/mol. The lowest BCUT2D eigenvalue weighted by molar-refractivity contribution is 0.146. The molecule has 2 rings (SSSR count). The largest absolute Gasteiger partial charge is 0.497 e. The van der Waals surface area contributed by atoms with E-state index in [4.69, 9.17) is 14.6 Å². The van der Waals surface area contributed by atoms with Crippen LogP contribution in [0.25, 0.3) is 0 Å². The minimum Gasteiger partial charge on any atom is -0.497 e. The van der Waals surface area contributed by atoms with Gasteiger partial charge in [-0.25, -0.2) is 4.68 Å². The van der Waals surface area contributed by atoms with E-state index < -0.39 is 6.10 Å². The Morgan fingerprint density at radius 1 is 1.30 bits per heavy atom. The smallest absolute Gasteiger partial charge is 0.125 e. The van der Waals surface area contributed by atoms with Crippen molar-refractivity contribution in [2.75, 3.05) is 14.2 Å². The Hall–Kier alpha value is -2.12. The van der Waals surface area contributed by atoms with Gasteiger partial charge in [0.1, 0.15) is 23.3 Å². The van der Waals surface area contributed by atoms with Crippen LogP contribution in [0, 0.1) is 0 Å². The number of hydrogen-bond donors (Lipinski definition) is 2. The average molecular weight is 279 g/mol. The van der Waals surface area contributed by atoms with Crippen LogP contribution in [0.1, 0.15) is 17.4 Å². The SMILES string of the molecule is COc1ccc(OC)c([C@@H](O)Cn2cc(CO)nn2)c1. The highest BCUT2D eigenvalue weighted by Crippen LogP contribution is 2.30. The maximum atomic E-state index is 10.3. The zero-order valence-electron chi connectivity index (χ0n) is 11.4. The zero-order valence-corrected chi connectivity index (χ0v) is 11.4. The topological polar surface area (TPSA) is 89.6 Å². The van der Waals surface area contributed by atoms with E-state index in [1.807, 2.05) is 0 Å². The van der Waals surface area contributed by atoms with E-state index in [1.165, 1.54) is 11.8 Å². The van der Waals surface area contributed by atoms with Gasteiger partial charge >= 0.3 is 0 Å². The van der Waals surface area contributed by atoms with E-state index in [0.717, 1.165) is 0 Å². The number of benzene rings is 1. The Morgan fingerprint density at radius 2 is 2.10 bits per heavy atom. The van der Waals surface area contributed by atoms with Gasteiger partial charge in [-0.15, -0.1) is 5.10 Å². The quantitative estimate of drug-likeness (QED) is 0.801. The molecule has 0 spiro atoms. The monoisotopic (exact) mass is 279 g/mol. The van der Waals surface area contributed by atoms with Crippen LogP contribution in [0.15, 0.2) is 24.4 Å². The third-order valence-electron chi connectivity index (χ3n) is 2.90. The highest BCUT2D eigenvalue weighted by Gasteiger charge is 2.16. The van der Waals surface area contributed by atoms with E-state index in [9.17, 15) is 5.11 Å². The lowest BCUT2D eigenvalue weighted by Crippen LogP contribution is -2.10. The van der Waals surface area contributed by atoms with Crippen molar-refractivity contribution < 1.29 is 19.7 Å². The first kappa shape index (κ1) is 14.3. The Balaban J connectivity index is 2.20. The van der Waals surface area contributed by atoms with Crippen LogP contribution in [0.5, 0.6) is 11.5 Å². The van der Waals surface area contributed by atoms with Crippen molar-refractivity contribution in [3.8, 4) is 11.5 Å². The summed E-state index contributed by atoms with van der Waals surface area (Å²) in [6.45, 7) is 0.0229. The summed E-state index contributed by atoms with van der Waals surface area (Å²) in [7, 11) is 3.10. The third kappa shape index (κ3) is 3.06. The molecule has 0 fully saturated rings. The Bertz CT molecular complexity index is 570. The molecule has 108 valence electrons. The van der Waals surface area contributed by atoms with Crippen LogP contribution in [0.3, 0.4) is 0 Å². The molecule has 1 aromatic carbocycles. The minimum atomic E-state index is -0.826. The van der Waals surface area contributed by atoms with Crippen molar-refractivity contribution in [1.29, 1.82) is 0 Å². The lowest BCUT2D eigenvalue weighted by Gasteiger charge is -2.15. The highest BCUT2D eigenvalue weighted by molar-refractivity contribution is 5.41. The molecule has 1 heterocycles. The predicted octanol–water partition coefficient (Wildman–Crippen LogP) is 0.521. The van der Waals surface area contributed by atoms with Gasteiger partial charge in [-0.05, 0) is 18.2 Å². The maximum absolute atomic E-state index is 10.3.